The summed E-state index contributed by atoms with van der Waals surface area (Å²) in [5.41, 5.74) is 9.82. The lowest BCUT2D eigenvalue weighted by atomic mass is 9.99. The average Bonchev–Trinajstić information content (AvgIpc) is 3.29. The molecular formula is C36H31N7. The number of para-hydroxylation sites is 1. The number of nitrogens with zero attached hydrogens (tertiary/aromatic N) is 7. The molecule has 0 radical (unpaired) electrons. The molecule has 7 rings (SSSR count). The maximum Gasteiger partial charge on any atom is 0.165 e. The highest BCUT2D eigenvalue weighted by Crippen LogP contribution is 2.38. The molecule has 0 unspecified atom stereocenters. The highest BCUT2D eigenvalue weighted by atomic mass is 15.0. The molecule has 0 amide bonds. The van der Waals surface area contributed by atoms with Gasteiger partial charge in [0.05, 0.1) is 16.7 Å². The van der Waals surface area contributed by atoms with Crippen LogP contribution >= 0.6 is 0 Å². The molecule has 0 aliphatic heterocycles. The second-order valence-corrected chi connectivity index (χ2v) is 11.2. The molecule has 0 N–H and O–H groups in total. The van der Waals surface area contributed by atoms with E-state index in [2.05, 4.69) is 117 Å². The Labute approximate surface area is 250 Å². The van der Waals surface area contributed by atoms with Crippen molar-refractivity contribution in [1.29, 1.82) is 0 Å². The summed E-state index contributed by atoms with van der Waals surface area (Å²) in [6.07, 6.45) is 0. The van der Waals surface area contributed by atoms with E-state index in [1.54, 1.807) is 0 Å². The van der Waals surface area contributed by atoms with E-state index in [4.69, 9.17) is 9.97 Å². The van der Waals surface area contributed by atoms with Crippen LogP contribution in [0.3, 0.4) is 0 Å². The average molecular weight is 562 g/mol. The van der Waals surface area contributed by atoms with Gasteiger partial charge in [0.1, 0.15) is 23.3 Å². The Hall–Kier alpha value is -5.30. The van der Waals surface area contributed by atoms with Gasteiger partial charge in [-0.15, -0.1) is 0 Å². The third-order valence-electron chi connectivity index (χ3n) is 7.68. The fraction of sp³-hybridized carbons (Fsp3) is 0.167. The molecule has 0 fully saturated rings. The lowest BCUT2D eigenvalue weighted by molar-refractivity contribution is 0.924. The summed E-state index contributed by atoms with van der Waals surface area (Å²) in [5, 5.41) is 2.37. The third-order valence-corrected chi connectivity index (χ3v) is 7.68. The molecule has 7 heteroatoms. The largest absolute Gasteiger partial charge is 0.308 e. The van der Waals surface area contributed by atoms with Gasteiger partial charge in [0.15, 0.2) is 11.6 Å². The number of aromatic nitrogens is 7. The lowest BCUT2D eigenvalue weighted by Gasteiger charge is -2.16. The molecule has 210 valence electrons. The summed E-state index contributed by atoms with van der Waals surface area (Å²) < 4.78 is 2.33. The molecule has 0 aliphatic rings. The highest BCUT2D eigenvalue weighted by molar-refractivity contribution is 6.10. The fourth-order valence-corrected chi connectivity index (χ4v) is 6.08. The van der Waals surface area contributed by atoms with Gasteiger partial charge in [-0.05, 0) is 83.0 Å². The second-order valence-electron chi connectivity index (χ2n) is 11.2. The van der Waals surface area contributed by atoms with Gasteiger partial charge in [-0.3, -0.25) is 0 Å². The SMILES string of the molecule is Cc1cc(C)cc(-c2ccc3c4ccccc4n(-c4ccc(-c5nc(C)nc(C)n5)cc4-c4nc(C)nc(C)n4)c3c2)c1. The first-order chi connectivity index (χ1) is 20.7. The van der Waals surface area contributed by atoms with E-state index in [-0.39, 0.29) is 0 Å². The van der Waals surface area contributed by atoms with Crippen molar-refractivity contribution in [2.45, 2.75) is 41.5 Å². The minimum Gasteiger partial charge on any atom is -0.308 e. The van der Waals surface area contributed by atoms with Crippen molar-refractivity contribution in [3.63, 3.8) is 0 Å². The molecule has 0 atom stereocenters. The van der Waals surface area contributed by atoms with Gasteiger partial charge in [0, 0.05) is 21.9 Å². The van der Waals surface area contributed by atoms with Gasteiger partial charge in [-0.1, -0.05) is 59.7 Å². The van der Waals surface area contributed by atoms with Crippen molar-refractivity contribution < 1.29 is 0 Å². The van der Waals surface area contributed by atoms with Gasteiger partial charge in [0.25, 0.3) is 0 Å². The standard InChI is InChI=1S/C36H31N7/c1-20-15-21(2)17-28(16-20)26-11-13-30-29-9-7-8-10-32(29)43(34(30)19-26)33-14-12-27(35-39-22(3)37-23(4)40-35)18-31(33)36-41-24(5)38-25(6)42-36/h7-19H,1-6H3. The number of hydrogen-bond donors (Lipinski definition) is 0. The van der Waals surface area contributed by atoms with Crippen LogP contribution in [0.2, 0.25) is 0 Å². The summed E-state index contributed by atoms with van der Waals surface area (Å²) in [4.78, 5) is 27.7. The zero-order valence-electron chi connectivity index (χ0n) is 25.1. The number of benzene rings is 4. The van der Waals surface area contributed by atoms with Crippen LogP contribution in [-0.4, -0.2) is 34.5 Å². The van der Waals surface area contributed by atoms with Crippen molar-refractivity contribution >= 4 is 21.8 Å². The van der Waals surface area contributed by atoms with Crippen molar-refractivity contribution in [2.24, 2.45) is 0 Å². The fourth-order valence-electron chi connectivity index (χ4n) is 6.08. The van der Waals surface area contributed by atoms with Gasteiger partial charge in [0.2, 0.25) is 0 Å². The predicted molar refractivity (Wildman–Crippen MR) is 172 cm³/mol. The van der Waals surface area contributed by atoms with E-state index in [0.29, 0.717) is 34.9 Å². The lowest BCUT2D eigenvalue weighted by Crippen LogP contribution is -2.04. The molecule has 3 heterocycles. The van der Waals surface area contributed by atoms with Gasteiger partial charge >= 0.3 is 0 Å². The molecule has 4 aromatic carbocycles. The first-order valence-corrected chi connectivity index (χ1v) is 14.4. The number of rotatable bonds is 4. The minimum atomic E-state index is 0.612. The Morgan fingerprint density at radius 1 is 0.442 bits per heavy atom. The Bertz CT molecular complexity index is 2150. The highest BCUT2D eigenvalue weighted by Gasteiger charge is 2.20. The van der Waals surface area contributed by atoms with E-state index in [1.807, 2.05) is 27.7 Å². The molecule has 0 aliphatic carbocycles. The van der Waals surface area contributed by atoms with Crippen LogP contribution in [-0.2, 0) is 0 Å². The maximum absolute atomic E-state index is 4.80. The smallest absolute Gasteiger partial charge is 0.165 e. The van der Waals surface area contributed by atoms with Crippen LogP contribution in [0.25, 0.3) is 61.4 Å². The normalized spacial score (nSPS) is 11.5. The molecule has 7 nitrogen and oxygen atoms in total. The molecule has 43 heavy (non-hydrogen) atoms. The van der Waals surface area contributed by atoms with Crippen LogP contribution in [0.1, 0.15) is 34.4 Å². The Balaban J connectivity index is 1.55. The van der Waals surface area contributed by atoms with E-state index in [0.717, 1.165) is 27.8 Å². The zero-order chi connectivity index (χ0) is 29.8. The van der Waals surface area contributed by atoms with Crippen LogP contribution in [0.15, 0.2) is 78.9 Å². The van der Waals surface area contributed by atoms with Crippen LogP contribution in [0, 0.1) is 41.5 Å². The van der Waals surface area contributed by atoms with Gasteiger partial charge < -0.3 is 4.57 Å². The monoisotopic (exact) mass is 561 g/mol. The van der Waals surface area contributed by atoms with Crippen molar-refractivity contribution in [3.05, 3.63) is 113 Å². The zero-order valence-corrected chi connectivity index (χ0v) is 25.1. The number of aryl methyl sites for hydroxylation is 6. The molecule has 7 aromatic rings. The van der Waals surface area contributed by atoms with Crippen LogP contribution in [0.4, 0.5) is 0 Å². The summed E-state index contributed by atoms with van der Waals surface area (Å²) >= 11 is 0. The van der Waals surface area contributed by atoms with Crippen molar-refractivity contribution in [3.8, 4) is 39.6 Å². The molecule has 0 saturated carbocycles. The quantitative estimate of drug-likeness (QED) is 0.216. The first-order valence-electron chi connectivity index (χ1n) is 14.4. The molecule has 0 spiro atoms. The van der Waals surface area contributed by atoms with Gasteiger partial charge in [-0.25, -0.2) is 29.9 Å². The first kappa shape index (κ1) is 26.6. The summed E-state index contributed by atoms with van der Waals surface area (Å²) in [6, 6.07) is 28.3. The summed E-state index contributed by atoms with van der Waals surface area (Å²) in [6.45, 7) is 11.9. The van der Waals surface area contributed by atoms with E-state index < -0.39 is 0 Å². The third kappa shape index (κ3) is 4.83. The number of fused-ring (bicyclic) bond motifs is 3. The topological polar surface area (TPSA) is 82.3 Å². The predicted octanol–water partition coefficient (Wildman–Crippen LogP) is 8.01. The molecule has 0 bridgehead atoms. The van der Waals surface area contributed by atoms with Crippen LogP contribution in [0.5, 0.6) is 0 Å². The Morgan fingerprint density at radius 2 is 1.02 bits per heavy atom. The van der Waals surface area contributed by atoms with Crippen LogP contribution < -0.4 is 0 Å². The van der Waals surface area contributed by atoms with E-state index in [1.165, 1.54) is 33.0 Å². The number of hydrogen-bond acceptors (Lipinski definition) is 6. The molecule has 3 aromatic heterocycles. The maximum atomic E-state index is 4.80. The van der Waals surface area contributed by atoms with E-state index >= 15 is 0 Å². The summed E-state index contributed by atoms with van der Waals surface area (Å²) in [5.74, 6) is 3.94. The minimum absolute atomic E-state index is 0.612. The summed E-state index contributed by atoms with van der Waals surface area (Å²) in [7, 11) is 0. The Morgan fingerprint density at radius 3 is 1.70 bits per heavy atom. The van der Waals surface area contributed by atoms with Crippen molar-refractivity contribution in [2.75, 3.05) is 0 Å². The van der Waals surface area contributed by atoms with Gasteiger partial charge in [-0.2, -0.15) is 0 Å². The molecule has 0 saturated heterocycles. The van der Waals surface area contributed by atoms with Crippen molar-refractivity contribution in [1.82, 2.24) is 34.5 Å². The Kier molecular flexibility index (Phi) is 6.31. The second kappa shape index (κ2) is 10.2. The molecular weight excluding hydrogens is 530 g/mol. The van der Waals surface area contributed by atoms with E-state index in [9.17, 15) is 0 Å².